The molecule has 2 aromatic rings. The van der Waals surface area contributed by atoms with Gasteiger partial charge in [0.15, 0.2) is 11.5 Å². The number of ketones is 1. The van der Waals surface area contributed by atoms with Gasteiger partial charge in [0, 0.05) is 10.5 Å². The van der Waals surface area contributed by atoms with Crippen molar-refractivity contribution >= 4 is 46.2 Å². The number of hydrogen-bond donors (Lipinski definition) is 0. The number of Topliss-reactive ketones (excluding diaryl/α,β-unsaturated/α-hetero) is 1. The van der Waals surface area contributed by atoms with Crippen LogP contribution in [0.5, 0.6) is 11.5 Å². The monoisotopic (exact) mass is 452 g/mol. The molecule has 1 aliphatic heterocycles. The largest absolute Gasteiger partial charge is 0.490 e. The van der Waals surface area contributed by atoms with E-state index >= 15 is 0 Å². The van der Waals surface area contributed by atoms with Gasteiger partial charge in [-0.1, -0.05) is 23.9 Å². The van der Waals surface area contributed by atoms with Gasteiger partial charge in [-0.25, -0.2) is 0 Å². The van der Waals surface area contributed by atoms with Crippen LogP contribution in [-0.4, -0.2) is 19.0 Å². The van der Waals surface area contributed by atoms with Gasteiger partial charge in [-0.05, 0) is 72.3 Å². The molecular formula is C19H17IO3S. The van der Waals surface area contributed by atoms with Crippen LogP contribution in [0, 0.1) is 3.57 Å². The summed E-state index contributed by atoms with van der Waals surface area (Å²) in [5.41, 5.74) is 1.72. The maximum absolute atomic E-state index is 12.5. The van der Waals surface area contributed by atoms with Gasteiger partial charge >= 0.3 is 0 Å². The van der Waals surface area contributed by atoms with Crippen molar-refractivity contribution in [1.82, 2.24) is 0 Å². The van der Waals surface area contributed by atoms with E-state index in [9.17, 15) is 4.79 Å². The second-order valence-electron chi connectivity index (χ2n) is 5.13. The molecule has 0 aliphatic carbocycles. The Morgan fingerprint density at radius 1 is 1.12 bits per heavy atom. The first kappa shape index (κ1) is 17.4. The molecule has 0 saturated carbocycles. The quantitative estimate of drug-likeness (QED) is 0.449. The molecule has 0 fully saturated rings. The molecule has 3 rings (SSSR count). The van der Waals surface area contributed by atoms with Crippen LogP contribution < -0.4 is 9.47 Å². The van der Waals surface area contributed by atoms with E-state index in [2.05, 4.69) is 22.6 Å². The van der Waals surface area contributed by atoms with Gasteiger partial charge in [-0.15, -0.1) is 0 Å². The molecule has 1 aliphatic rings. The van der Waals surface area contributed by atoms with Crippen molar-refractivity contribution in [2.75, 3.05) is 13.2 Å². The fourth-order valence-electron chi connectivity index (χ4n) is 2.51. The SMILES string of the molecule is CCOc1cc(/C=C2\Sc3ccccc3C2=O)cc(I)c1OCC. The average molecular weight is 452 g/mol. The van der Waals surface area contributed by atoms with Gasteiger partial charge < -0.3 is 9.47 Å². The summed E-state index contributed by atoms with van der Waals surface area (Å²) < 4.78 is 12.4. The van der Waals surface area contributed by atoms with Crippen molar-refractivity contribution in [3.05, 3.63) is 56.0 Å². The first-order chi connectivity index (χ1) is 11.6. The summed E-state index contributed by atoms with van der Waals surface area (Å²) in [6.45, 7) is 5.04. The van der Waals surface area contributed by atoms with E-state index in [4.69, 9.17) is 9.47 Å². The summed E-state index contributed by atoms with van der Waals surface area (Å²) in [5.74, 6) is 1.55. The first-order valence-electron chi connectivity index (χ1n) is 7.76. The van der Waals surface area contributed by atoms with Gasteiger partial charge in [0.05, 0.1) is 21.7 Å². The van der Waals surface area contributed by atoms with E-state index in [-0.39, 0.29) is 5.78 Å². The number of carbonyl (C=O) groups is 1. The summed E-state index contributed by atoms with van der Waals surface area (Å²) in [6, 6.07) is 11.6. The maximum atomic E-state index is 12.5. The summed E-state index contributed by atoms with van der Waals surface area (Å²) in [6.07, 6.45) is 1.92. The highest BCUT2D eigenvalue weighted by Gasteiger charge is 2.25. The molecule has 0 bridgehead atoms. The molecule has 0 saturated heterocycles. The van der Waals surface area contributed by atoms with Crippen LogP contribution in [0.4, 0.5) is 0 Å². The molecule has 24 heavy (non-hydrogen) atoms. The fourth-order valence-corrected chi connectivity index (χ4v) is 4.34. The minimum atomic E-state index is 0.0810. The number of hydrogen-bond acceptors (Lipinski definition) is 4. The van der Waals surface area contributed by atoms with Gasteiger partial charge in [-0.3, -0.25) is 4.79 Å². The summed E-state index contributed by atoms with van der Waals surface area (Å²) in [4.78, 5) is 14.3. The zero-order valence-electron chi connectivity index (χ0n) is 13.5. The van der Waals surface area contributed by atoms with Gasteiger partial charge in [0.25, 0.3) is 0 Å². The van der Waals surface area contributed by atoms with Crippen molar-refractivity contribution < 1.29 is 14.3 Å². The Labute approximate surface area is 159 Å². The Morgan fingerprint density at radius 3 is 2.58 bits per heavy atom. The predicted octanol–water partition coefficient (Wildman–Crippen LogP) is 5.42. The third-order valence-corrected chi connectivity index (χ3v) is 5.39. The van der Waals surface area contributed by atoms with Gasteiger partial charge in [0.1, 0.15) is 0 Å². The lowest BCUT2D eigenvalue weighted by Gasteiger charge is -2.13. The minimum absolute atomic E-state index is 0.0810. The topological polar surface area (TPSA) is 35.5 Å². The average Bonchev–Trinajstić information content (AvgIpc) is 2.88. The van der Waals surface area contributed by atoms with Crippen LogP contribution in [0.1, 0.15) is 29.8 Å². The van der Waals surface area contributed by atoms with Crippen molar-refractivity contribution in [3.8, 4) is 11.5 Å². The number of ether oxygens (including phenoxy) is 2. The Morgan fingerprint density at radius 2 is 1.88 bits per heavy atom. The number of fused-ring (bicyclic) bond motifs is 1. The highest BCUT2D eigenvalue weighted by molar-refractivity contribution is 14.1. The third kappa shape index (κ3) is 3.47. The van der Waals surface area contributed by atoms with E-state index < -0.39 is 0 Å². The molecule has 1 heterocycles. The summed E-state index contributed by atoms with van der Waals surface area (Å²) in [5, 5.41) is 0. The molecule has 0 N–H and O–H groups in total. The van der Waals surface area contributed by atoms with Crippen LogP contribution in [-0.2, 0) is 0 Å². The van der Waals surface area contributed by atoms with E-state index in [1.54, 1.807) is 0 Å². The molecule has 2 aromatic carbocycles. The molecule has 0 spiro atoms. The molecule has 3 nitrogen and oxygen atoms in total. The van der Waals surface area contributed by atoms with E-state index in [0.717, 1.165) is 30.2 Å². The normalized spacial score (nSPS) is 14.8. The number of allylic oxidation sites excluding steroid dienone is 1. The zero-order chi connectivity index (χ0) is 17.1. The Balaban J connectivity index is 1.98. The van der Waals surface area contributed by atoms with Crippen LogP contribution >= 0.6 is 34.4 Å². The molecular weight excluding hydrogens is 435 g/mol. The van der Waals surface area contributed by atoms with Crippen LogP contribution in [0.15, 0.2) is 46.2 Å². The number of carbonyl (C=O) groups excluding carboxylic acids is 1. The van der Waals surface area contributed by atoms with Crippen molar-refractivity contribution in [3.63, 3.8) is 0 Å². The first-order valence-corrected chi connectivity index (χ1v) is 9.66. The van der Waals surface area contributed by atoms with Crippen LogP contribution in [0.2, 0.25) is 0 Å². The second kappa shape index (κ2) is 7.61. The Kier molecular flexibility index (Phi) is 5.50. The molecule has 124 valence electrons. The lowest BCUT2D eigenvalue weighted by molar-refractivity contribution is 0.104. The predicted molar refractivity (Wildman–Crippen MR) is 106 cm³/mol. The van der Waals surface area contributed by atoms with E-state index in [1.165, 1.54) is 11.8 Å². The minimum Gasteiger partial charge on any atom is -0.490 e. The van der Waals surface area contributed by atoms with Crippen molar-refractivity contribution in [2.45, 2.75) is 18.7 Å². The van der Waals surface area contributed by atoms with Crippen LogP contribution in [0.25, 0.3) is 6.08 Å². The Bertz CT molecular complexity index is 814. The highest BCUT2D eigenvalue weighted by Crippen LogP contribution is 2.42. The highest BCUT2D eigenvalue weighted by atomic mass is 127. The molecule has 0 radical (unpaired) electrons. The summed E-state index contributed by atoms with van der Waals surface area (Å²) in [7, 11) is 0. The lowest BCUT2D eigenvalue weighted by Crippen LogP contribution is -2.01. The Hall–Kier alpha value is -1.47. The number of halogens is 1. The van der Waals surface area contributed by atoms with E-state index in [0.29, 0.717) is 19.0 Å². The maximum Gasteiger partial charge on any atom is 0.200 e. The smallest absolute Gasteiger partial charge is 0.200 e. The molecule has 5 heteroatoms. The van der Waals surface area contributed by atoms with E-state index in [1.807, 2.05) is 56.3 Å². The second-order valence-corrected chi connectivity index (χ2v) is 7.38. The zero-order valence-corrected chi connectivity index (χ0v) is 16.4. The standard InChI is InChI=1S/C19H17IO3S/c1-3-22-15-10-12(9-14(20)19(15)23-4-2)11-17-18(21)13-7-5-6-8-16(13)24-17/h5-11H,3-4H2,1-2H3/b17-11-. The molecule has 0 aromatic heterocycles. The number of rotatable bonds is 5. The molecule has 0 amide bonds. The number of benzene rings is 2. The van der Waals surface area contributed by atoms with Gasteiger partial charge in [0.2, 0.25) is 5.78 Å². The number of thioether (sulfide) groups is 1. The van der Waals surface area contributed by atoms with Gasteiger partial charge in [-0.2, -0.15) is 0 Å². The van der Waals surface area contributed by atoms with Crippen molar-refractivity contribution in [2.24, 2.45) is 0 Å². The lowest BCUT2D eigenvalue weighted by atomic mass is 10.1. The molecule has 0 atom stereocenters. The van der Waals surface area contributed by atoms with Crippen LogP contribution in [0.3, 0.4) is 0 Å². The fraction of sp³-hybridized carbons (Fsp3) is 0.211. The van der Waals surface area contributed by atoms with Crippen molar-refractivity contribution in [1.29, 1.82) is 0 Å². The third-order valence-electron chi connectivity index (χ3n) is 3.49. The molecule has 0 unspecified atom stereocenters. The summed E-state index contributed by atoms with van der Waals surface area (Å²) >= 11 is 3.76.